The van der Waals surface area contributed by atoms with Crippen molar-refractivity contribution < 1.29 is 0 Å². The van der Waals surface area contributed by atoms with Crippen molar-refractivity contribution in [1.82, 2.24) is 17.9 Å². The molecule has 0 unspecified atom stereocenters. The minimum absolute atomic E-state index is 0.0985. The van der Waals surface area contributed by atoms with E-state index in [2.05, 4.69) is 413 Å². The molecule has 108 heavy (non-hydrogen) atoms. The van der Waals surface area contributed by atoms with Crippen molar-refractivity contribution in [3.63, 3.8) is 0 Å². The molecule has 0 radical (unpaired) electrons. The summed E-state index contributed by atoms with van der Waals surface area (Å²) < 4.78 is 15.1. The average Bonchev–Trinajstić information content (AvgIpc) is 1.58. The van der Waals surface area contributed by atoms with E-state index >= 15 is 0 Å². The van der Waals surface area contributed by atoms with Crippen LogP contribution in [0.2, 0.25) is 0 Å². The second kappa shape index (κ2) is 26.5. The first-order valence-corrected chi connectivity index (χ1v) is 38.1. The SMILES string of the molecule is CC(C)(C)c1ccc(-c2ccc(-c3ccc4c(c3)c3cc(-c5ccc(-c6ccc(C(C)(C)C)cc6)cc5)ccc3n4-c3ccc(-c4ccc(N(c5ccc(-c6ccccc6)cc5)c5ccc(-c6ccc7c(c6)c6c8ccccc8ccc6n7-c6ccc(-c7ccccc7)cc6)cc5)c5nsnc45)cc3)cc2)cc1. The first-order chi connectivity index (χ1) is 52.8. The quantitative estimate of drug-likeness (QED) is 0.115. The molecule has 0 aliphatic rings. The Labute approximate surface area is 634 Å². The van der Waals surface area contributed by atoms with E-state index in [1.54, 1.807) is 0 Å². The number of benzene rings is 16. The summed E-state index contributed by atoms with van der Waals surface area (Å²) in [5.41, 5.74) is 33.0. The molecule has 0 amide bonds. The van der Waals surface area contributed by atoms with Gasteiger partial charge in [-0.25, -0.2) is 0 Å². The summed E-state index contributed by atoms with van der Waals surface area (Å²) in [5, 5.41) is 7.32. The van der Waals surface area contributed by atoms with Gasteiger partial charge in [0, 0.05) is 49.9 Å². The Bertz CT molecular complexity index is 6420. The largest absolute Gasteiger partial charge is 0.309 e. The van der Waals surface area contributed by atoms with Crippen molar-refractivity contribution >= 4 is 94.2 Å². The molecule has 16 aromatic carbocycles. The molecule has 0 fully saturated rings. The first-order valence-electron chi connectivity index (χ1n) is 37.3. The van der Waals surface area contributed by atoms with Crippen LogP contribution in [0.15, 0.2) is 358 Å². The zero-order valence-electron chi connectivity index (χ0n) is 61.2. The summed E-state index contributed by atoms with van der Waals surface area (Å²) in [6.45, 7) is 13.6. The number of anilines is 3. The first kappa shape index (κ1) is 65.7. The van der Waals surface area contributed by atoms with E-state index in [1.807, 2.05) is 0 Å². The van der Waals surface area contributed by atoms with Crippen LogP contribution in [-0.2, 0) is 10.8 Å². The predicted octanol–water partition coefficient (Wildman–Crippen LogP) is 28.4. The minimum Gasteiger partial charge on any atom is -0.309 e. The lowest BCUT2D eigenvalue weighted by atomic mass is 9.86. The molecule has 19 rings (SSSR count). The molecule has 0 aliphatic carbocycles. The van der Waals surface area contributed by atoms with Crippen LogP contribution < -0.4 is 4.90 Å². The van der Waals surface area contributed by atoms with E-state index in [0.29, 0.717) is 0 Å². The van der Waals surface area contributed by atoms with Gasteiger partial charge in [0.15, 0.2) is 0 Å². The maximum atomic E-state index is 5.15. The fourth-order valence-corrected chi connectivity index (χ4v) is 16.7. The lowest BCUT2D eigenvalue weighted by Gasteiger charge is -2.26. The van der Waals surface area contributed by atoms with Gasteiger partial charge in [-0.15, -0.1) is 0 Å². The molecule has 0 spiro atoms. The Morgan fingerprint density at radius 1 is 0.259 bits per heavy atom. The van der Waals surface area contributed by atoms with Gasteiger partial charge in [0.25, 0.3) is 0 Å². The van der Waals surface area contributed by atoms with Crippen LogP contribution in [0.1, 0.15) is 52.7 Å². The maximum absolute atomic E-state index is 5.15. The molecule has 0 atom stereocenters. The topological polar surface area (TPSA) is 38.9 Å². The number of fused-ring (bicyclic) bond motifs is 9. The molecule has 0 aliphatic heterocycles. The third-order valence-corrected chi connectivity index (χ3v) is 22.5. The third-order valence-electron chi connectivity index (χ3n) is 22.0. The van der Waals surface area contributed by atoms with Crippen LogP contribution in [0.5, 0.6) is 0 Å². The van der Waals surface area contributed by atoms with Gasteiger partial charge >= 0.3 is 0 Å². The highest BCUT2D eigenvalue weighted by atomic mass is 32.1. The van der Waals surface area contributed by atoms with E-state index < -0.39 is 0 Å². The van der Waals surface area contributed by atoms with Gasteiger partial charge in [0.1, 0.15) is 11.0 Å². The summed E-state index contributed by atoms with van der Waals surface area (Å²) in [4.78, 5) is 2.34. The molecule has 6 heteroatoms. The standard InChI is InChI=1S/C102H77N5S/c1-101(2,3)82-45-29-70(30-46-82)68-21-25-74(26-22-68)79-42-58-93-90(63-79)91-64-80(75-27-23-69(24-28-75)71-31-47-83(48-32-71)102(4,5)6)43-59-94(91)106(93)86-55-39-78(40-56-86)89-57-62-97(100-99(89)103-108-104-100)105(84-49-33-72(34-50-84)66-15-9-7-10-16-66)85-51-37-76(38-52-85)81-44-60-95-92(65-81)98-88-20-14-13-19-77(88)41-61-96(98)107(95)87-53-35-73(36-54-87)67-17-11-8-12-18-67/h7-65H,1-6H3. The highest BCUT2D eigenvalue weighted by Gasteiger charge is 2.24. The van der Waals surface area contributed by atoms with Gasteiger partial charge in [-0.05, 0) is 219 Å². The highest BCUT2D eigenvalue weighted by Crippen LogP contribution is 2.46. The Balaban J connectivity index is 0.672. The van der Waals surface area contributed by atoms with Crippen LogP contribution in [0.25, 0.3) is 166 Å². The zero-order valence-corrected chi connectivity index (χ0v) is 62.0. The Morgan fingerprint density at radius 3 is 1.05 bits per heavy atom. The number of aromatic nitrogens is 4. The van der Waals surface area contributed by atoms with Crippen molar-refractivity contribution in [1.29, 1.82) is 0 Å². The number of hydrogen-bond donors (Lipinski definition) is 0. The lowest BCUT2D eigenvalue weighted by Crippen LogP contribution is -2.10. The Kier molecular flexibility index (Phi) is 16.2. The normalized spacial score (nSPS) is 12.0. The molecule has 3 heterocycles. The molecule has 19 aromatic rings. The van der Waals surface area contributed by atoms with Crippen molar-refractivity contribution in [2.75, 3.05) is 4.90 Å². The fraction of sp³-hybridized carbons (Fsp3) is 0.0784. The van der Waals surface area contributed by atoms with Gasteiger partial charge in [0.2, 0.25) is 0 Å². The Hall–Kier alpha value is -13.0. The minimum atomic E-state index is 0.0985. The molecule has 0 N–H and O–H groups in total. The van der Waals surface area contributed by atoms with Crippen LogP contribution in [0.3, 0.4) is 0 Å². The Morgan fingerprint density at radius 2 is 0.593 bits per heavy atom. The van der Waals surface area contributed by atoms with Crippen LogP contribution in [0.4, 0.5) is 17.1 Å². The van der Waals surface area contributed by atoms with E-state index in [1.165, 1.54) is 127 Å². The van der Waals surface area contributed by atoms with Crippen LogP contribution >= 0.6 is 11.7 Å². The highest BCUT2D eigenvalue weighted by molar-refractivity contribution is 7.00. The van der Waals surface area contributed by atoms with Crippen molar-refractivity contribution in [2.45, 2.75) is 52.4 Å². The van der Waals surface area contributed by atoms with Crippen molar-refractivity contribution in [2.24, 2.45) is 0 Å². The van der Waals surface area contributed by atoms with E-state index in [0.717, 1.165) is 78.3 Å². The van der Waals surface area contributed by atoms with Crippen molar-refractivity contribution in [3.8, 4) is 100 Å². The molecular weight excluding hydrogens is 1330 g/mol. The van der Waals surface area contributed by atoms with E-state index in [-0.39, 0.29) is 10.8 Å². The van der Waals surface area contributed by atoms with Gasteiger partial charge in [-0.1, -0.05) is 296 Å². The summed E-state index contributed by atoms with van der Waals surface area (Å²) in [5.74, 6) is 0. The second-order valence-electron chi connectivity index (χ2n) is 30.7. The second-order valence-corrected chi connectivity index (χ2v) is 31.2. The third kappa shape index (κ3) is 11.9. The van der Waals surface area contributed by atoms with Crippen LogP contribution in [0, 0.1) is 0 Å². The molecule has 0 saturated heterocycles. The van der Waals surface area contributed by atoms with Crippen molar-refractivity contribution in [3.05, 3.63) is 369 Å². The molecule has 0 bridgehead atoms. The molecule has 0 saturated carbocycles. The van der Waals surface area contributed by atoms with E-state index in [4.69, 9.17) is 8.75 Å². The monoisotopic (exact) mass is 1400 g/mol. The molecule has 516 valence electrons. The molecule has 3 aromatic heterocycles. The van der Waals surface area contributed by atoms with Gasteiger partial charge < -0.3 is 14.0 Å². The number of nitrogens with zero attached hydrogens (tertiary/aromatic N) is 5. The number of rotatable bonds is 13. The summed E-state index contributed by atoms with van der Waals surface area (Å²) in [6, 6.07) is 132. The number of hydrogen-bond acceptors (Lipinski definition) is 4. The zero-order chi connectivity index (χ0) is 72.8. The maximum Gasteiger partial charge on any atom is 0.129 e. The lowest BCUT2D eigenvalue weighted by molar-refractivity contribution is 0.590. The summed E-state index contributed by atoms with van der Waals surface area (Å²) >= 11 is 1.26. The molecule has 5 nitrogen and oxygen atoms in total. The fourth-order valence-electron chi connectivity index (χ4n) is 16.1. The van der Waals surface area contributed by atoms with E-state index in [9.17, 15) is 0 Å². The summed E-state index contributed by atoms with van der Waals surface area (Å²) in [7, 11) is 0. The summed E-state index contributed by atoms with van der Waals surface area (Å²) in [6.07, 6.45) is 0. The predicted molar refractivity (Wildman–Crippen MR) is 459 cm³/mol. The average molecular weight is 1400 g/mol. The van der Waals surface area contributed by atoms with Gasteiger partial charge in [0.05, 0.1) is 39.5 Å². The van der Waals surface area contributed by atoms with Crippen LogP contribution in [-0.4, -0.2) is 17.9 Å². The molecular formula is C102H77N5S. The van der Waals surface area contributed by atoms with Gasteiger partial charge in [-0.3, -0.25) is 0 Å². The van der Waals surface area contributed by atoms with Gasteiger partial charge in [-0.2, -0.15) is 8.75 Å². The smallest absolute Gasteiger partial charge is 0.129 e.